The molecule has 1 unspecified atom stereocenters. The van der Waals surface area contributed by atoms with Crippen molar-refractivity contribution in [1.82, 2.24) is 0 Å². The molecule has 0 bridgehead atoms. The molecule has 2 aromatic rings. The molecular formula is C14H13BrFNO2. The Labute approximate surface area is 118 Å². The van der Waals surface area contributed by atoms with Crippen LogP contribution in [0.1, 0.15) is 11.7 Å². The fourth-order valence-corrected chi connectivity index (χ4v) is 1.93. The van der Waals surface area contributed by atoms with Gasteiger partial charge in [-0.3, -0.25) is 0 Å². The summed E-state index contributed by atoms with van der Waals surface area (Å²) in [6, 6.07) is 11.0. The summed E-state index contributed by atoms with van der Waals surface area (Å²) >= 11 is 3.26. The third-order valence-corrected chi connectivity index (χ3v) is 3.27. The number of benzene rings is 2. The summed E-state index contributed by atoms with van der Waals surface area (Å²) in [5.74, 6) is -0.0327. The van der Waals surface area contributed by atoms with Gasteiger partial charge in [-0.25, -0.2) is 4.39 Å². The van der Waals surface area contributed by atoms with Gasteiger partial charge in [0.25, 0.3) is 0 Å². The molecule has 0 aliphatic carbocycles. The first-order valence-electron chi connectivity index (χ1n) is 5.67. The number of aliphatic hydroxyl groups excluding tert-OH is 1. The molecular weight excluding hydrogens is 313 g/mol. The van der Waals surface area contributed by atoms with Gasteiger partial charge in [-0.1, -0.05) is 12.1 Å². The summed E-state index contributed by atoms with van der Waals surface area (Å²) in [7, 11) is 0. The molecule has 0 spiro atoms. The van der Waals surface area contributed by atoms with Gasteiger partial charge in [-0.15, -0.1) is 0 Å². The maximum absolute atomic E-state index is 13.1. The first-order valence-corrected chi connectivity index (χ1v) is 6.47. The molecule has 0 aliphatic rings. The van der Waals surface area contributed by atoms with Crippen LogP contribution < -0.4 is 10.5 Å². The minimum atomic E-state index is -0.796. The van der Waals surface area contributed by atoms with Crippen LogP contribution in [0.5, 0.6) is 5.75 Å². The van der Waals surface area contributed by atoms with E-state index >= 15 is 0 Å². The summed E-state index contributed by atoms with van der Waals surface area (Å²) in [5.41, 5.74) is 6.89. The summed E-state index contributed by atoms with van der Waals surface area (Å²) < 4.78 is 19.1. The molecule has 3 nitrogen and oxygen atoms in total. The van der Waals surface area contributed by atoms with Crippen molar-refractivity contribution in [2.45, 2.75) is 6.10 Å². The average molecular weight is 326 g/mol. The Bertz CT molecular complexity index is 560. The van der Waals surface area contributed by atoms with Crippen molar-refractivity contribution in [2.75, 3.05) is 12.3 Å². The number of ether oxygens (including phenoxy) is 1. The molecule has 100 valence electrons. The Morgan fingerprint density at radius 1 is 1.21 bits per heavy atom. The molecule has 2 aromatic carbocycles. The molecule has 0 aromatic heterocycles. The second-order valence-corrected chi connectivity index (χ2v) is 4.92. The van der Waals surface area contributed by atoms with Crippen LogP contribution >= 0.6 is 15.9 Å². The van der Waals surface area contributed by atoms with Crippen LogP contribution in [0.25, 0.3) is 0 Å². The second-order valence-electron chi connectivity index (χ2n) is 4.07. The maximum Gasteiger partial charge on any atom is 0.136 e. The minimum Gasteiger partial charge on any atom is -0.489 e. The average Bonchev–Trinajstić information content (AvgIpc) is 2.40. The van der Waals surface area contributed by atoms with Gasteiger partial charge in [-0.2, -0.15) is 0 Å². The number of anilines is 1. The second kappa shape index (κ2) is 6.04. The molecule has 0 radical (unpaired) electrons. The lowest BCUT2D eigenvalue weighted by molar-refractivity contribution is 0.107. The largest absolute Gasteiger partial charge is 0.489 e. The number of hydrogen-bond acceptors (Lipinski definition) is 3. The minimum absolute atomic E-state index is 0.0337. The van der Waals surface area contributed by atoms with Crippen molar-refractivity contribution < 1.29 is 14.2 Å². The summed E-state index contributed by atoms with van der Waals surface area (Å²) in [6.07, 6.45) is -0.796. The lowest BCUT2D eigenvalue weighted by atomic mass is 10.1. The highest BCUT2D eigenvalue weighted by Gasteiger charge is 2.10. The zero-order chi connectivity index (χ0) is 13.8. The number of hydrogen-bond donors (Lipinski definition) is 2. The van der Waals surface area contributed by atoms with Gasteiger partial charge in [0.15, 0.2) is 0 Å². The monoisotopic (exact) mass is 325 g/mol. The third-order valence-electron chi connectivity index (χ3n) is 2.61. The maximum atomic E-state index is 13.1. The van der Waals surface area contributed by atoms with Crippen LogP contribution in [0.2, 0.25) is 0 Å². The van der Waals surface area contributed by atoms with Crippen molar-refractivity contribution >= 4 is 21.6 Å². The van der Waals surface area contributed by atoms with E-state index in [1.165, 1.54) is 12.1 Å². The van der Waals surface area contributed by atoms with E-state index in [1.807, 2.05) is 0 Å². The lowest BCUT2D eigenvalue weighted by Gasteiger charge is -2.14. The van der Waals surface area contributed by atoms with Gasteiger partial charge in [-0.05, 0) is 45.8 Å². The van der Waals surface area contributed by atoms with E-state index in [-0.39, 0.29) is 12.4 Å². The molecule has 1 atom stereocenters. The topological polar surface area (TPSA) is 55.5 Å². The highest BCUT2D eigenvalue weighted by molar-refractivity contribution is 9.10. The van der Waals surface area contributed by atoms with E-state index < -0.39 is 6.10 Å². The number of halogens is 2. The summed E-state index contributed by atoms with van der Waals surface area (Å²) in [6.45, 7) is 0.0337. The number of aliphatic hydroxyl groups is 1. The Balaban J connectivity index is 2.02. The predicted molar refractivity (Wildman–Crippen MR) is 75.4 cm³/mol. The van der Waals surface area contributed by atoms with Gasteiger partial charge in [0.1, 0.15) is 24.3 Å². The molecule has 0 aliphatic heterocycles. The quantitative estimate of drug-likeness (QED) is 0.848. The molecule has 0 amide bonds. The highest BCUT2D eigenvalue weighted by atomic mass is 79.9. The SMILES string of the molecule is Nc1ccc(C(O)COc2cc(F)ccc2Br)cc1. The van der Waals surface area contributed by atoms with Crippen LogP contribution in [0.4, 0.5) is 10.1 Å². The molecule has 0 saturated heterocycles. The molecule has 0 saturated carbocycles. The Hall–Kier alpha value is -1.59. The van der Waals surface area contributed by atoms with Crippen molar-refractivity contribution in [3.63, 3.8) is 0 Å². The molecule has 0 heterocycles. The molecule has 3 N–H and O–H groups in total. The zero-order valence-corrected chi connectivity index (χ0v) is 11.6. The third kappa shape index (κ3) is 3.68. The van der Waals surface area contributed by atoms with Crippen LogP contribution in [0.3, 0.4) is 0 Å². The zero-order valence-electron chi connectivity index (χ0n) is 10.0. The van der Waals surface area contributed by atoms with E-state index in [1.54, 1.807) is 30.3 Å². The molecule has 0 fully saturated rings. The summed E-state index contributed by atoms with van der Waals surface area (Å²) in [5, 5.41) is 9.96. The Morgan fingerprint density at radius 3 is 2.58 bits per heavy atom. The molecule has 19 heavy (non-hydrogen) atoms. The fourth-order valence-electron chi connectivity index (χ4n) is 1.57. The van der Waals surface area contributed by atoms with Gasteiger partial charge >= 0.3 is 0 Å². The van der Waals surface area contributed by atoms with Gasteiger partial charge in [0.05, 0.1) is 4.47 Å². The smallest absolute Gasteiger partial charge is 0.136 e. The number of rotatable bonds is 4. The van der Waals surface area contributed by atoms with Crippen molar-refractivity contribution in [1.29, 1.82) is 0 Å². The molecule has 2 rings (SSSR count). The van der Waals surface area contributed by atoms with Crippen molar-refractivity contribution in [3.8, 4) is 5.75 Å². The van der Waals surface area contributed by atoms with Crippen LogP contribution in [0, 0.1) is 5.82 Å². The van der Waals surface area contributed by atoms with Crippen LogP contribution in [-0.4, -0.2) is 11.7 Å². The first kappa shape index (κ1) is 13.8. The van der Waals surface area contributed by atoms with E-state index in [0.29, 0.717) is 21.5 Å². The summed E-state index contributed by atoms with van der Waals surface area (Å²) in [4.78, 5) is 0. The van der Waals surface area contributed by atoms with E-state index in [0.717, 1.165) is 0 Å². The van der Waals surface area contributed by atoms with Gasteiger partial charge in [0.2, 0.25) is 0 Å². The Morgan fingerprint density at radius 2 is 1.89 bits per heavy atom. The van der Waals surface area contributed by atoms with Crippen LogP contribution in [-0.2, 0) is 0 Å². The van der Waals surface area contributed by atoms with E-state index in [4.69, 9.17) is 10.5 Å². The standard InChI is InChI=1S/C14H13BrFNO2/c15-12-6-3-10(16)7-14(12)19-8-13(18)9-1-4-11(17)5-2-9/h1-7,13,18H,8,17H2. The first-order chi connectivity index (χ1) is 9.06. The van der Waals surface area contributed by atoms with Crippen molar-refractivity contribution in [3.05, 3.63) is 58.3 Å². The van der Waals surface area contributed by atoms with E-state index in [2.05, 4.69) is 15.9 Å². The molecule has 5 heteroatoms. The number of nitrogen functional groups attached to an aromatic ring is 1. The highest BCUT2D eigenvalue weighted by Crippen LogP contribution is 2.26. The van der Waals surface area contributed by atoms with Gasteiger partial charge < -0.3 is 15.6 Å². The van der Waals surface area contributed by atoms with Crippen molar-refractivity contribution in [2.24, 2.45) is 0 Å². The van der Waals surface area contributed by atoms with Gasteiger partial charge in [0, 0.05) is 11.8 Å². The Kier molecular flexibility index (Phi) is 4.39. The fraction of sp³-hybridized carbons (Fsp3) is 0.143. The number of nitrogens with two attached hydrogens (primary N) is 1. The lowest BCUT2D eigenvalue weighted by Crippen LogP contribution is -2.10. The van der Waals surface area contributed by atoms with Crippen LogP contribution in [0.15, 0.2) is 46.9 Å². The predicted octanol–water partition coefficient (Wildman–Crippen LogP) is 3.28. The van der Waals surface area contributed by atoms with E-state index in [9.17, 15) is 9.50 Å². The normalized spacial score (nSPS) is 12.2.